The molecule has 4 N–H and O–H groups in total. The molecule has 0 aliphatic heterocycles. The van der Waals surface area contributed by atoms with E-state index in [2.05, 4.69) is 15.5 Å². The van der Waals surface area contributed by atoms with Crippen molar-refractivity contribution in [3.63, 3.8) is 0 Å². The number of aryl methyl sites for hydroxylation is 1. The number of nitrogens with zero attached hydrogens (tertiary/aromatic N) is 2. The van der Waals surface area contributed by atoms with Crippen molar-refractivity contribution in [1.82, 2.24) is 0 Å². The maximum atomic E-state index is 12.6. The second kappa shape index (κ2) is 13.3. The van der Waals surface area contributed by atoms with E-state index in [0.29, 0.717) is 28.6 Å². The third-order valence-corrected chi connectivity index (χ3v) is 5.57. The molecule has 0 atom stereocenters. The molecule has 0 aliphatic carbocycles. The summed E-state index contributed by atoms with van der Waals surface area (Å²) in [6.45, 7) is 1.64. The number of carboxylic acid groups (broad SMARTS) is 1. The smallest absolute Gasteiger partial charge is 0.871 e. The molecule has 15 heteroatoms. The number of nitrogen functional groups attached to an aromatic ring is 1. The third-order valence-electron chi connectivity index (χ3n) is 4.73. The molecular weight excluding hydrogens is 526 g/mol. The minimum absolute atomic E-state index is 0. The molecule has 3 aromatic rings. The number of azo groups is 1. The van der Waals surface area contributed by atoms with E-state index in [9.17, 15) is 27.7 Å². The Morgan fingerprint density at radius 3 is 2.32 bits per heavy atom. The molecule has 0 aliphatic rings. The summed E-state index contributed by atoms with van der Waals surface area (Å²) in [5, 5.41) is 31.6. The van der Waals surface area contributed by atoms with Gasteiger partial charge in [-0.05, 0) is 48.9 Å². The normalized spacial score (nSPS) is 10.8. The van der Waals surface area contributed by atoms with E-state index in [4.69, 9.17) is 15.6 Å². The minimum Gasteiger partial charge on any atom is -0.871 e. The van der Waals surface area contributed by atoms with Crippen molar-refractivity contribution in [3.05, 3.63) is 65.2 Å². The van der Waals surface area contributed by atoms with Crippen molar-refractivity contribution in [1.29, 1.82) is 0 Å². The van der Waals surface area contributed by atoms with Crippen LogP contribution in [-0.4, -0.2) is 37.1 Å². The molecule has 37 heavy (non-hydrogen) atoms. The largest absolute Gasteiger partial charge is 1.00 e. The summed E-state index contributed by atoms with van der Waals surface area (Å²) >= 11 is 0. The van der Waals surface area contributed by atoms with Crippen LogP contribution in [0.5, 0.6) is 11.5 Å². The fourth-order valence-corrected chi connectivity index (χ4v) is 3.63. The first kappa shape index (κ1) is 32.5. The van der Waals surface area contributed by atoms with Gasteiger partial charge in [-0.1, -0.05) is 11.8 Å². The van der Waals surface area contributed by atoms with Crippen LogP contribution in [0.3, 0.4) is 0 Å². The number of benzene rings is 3. The van der Waals surface area contributed by atoms with Gasteiger partial charge in [0.1, 0.15) is 15.9 Å². The van der Waals surface area contributed by atoms with Crippen molar-refractivity contribution in [3.8, 4) is 11.5 Å². The third kappa shape index (κ3) is 7.99. The maximum Gasteiger partial charge on any atom is 1.00 e. The van der Waals surface area contributed by atoms with Gasteiger partial charge in [-0.25, -0.2) is 13.2 Å². The van der Waals surface area contributed by atoms with Crippen molar-refractivity contribution >= 4 is 44.7 Å². The van der Waals surface area contributed by atoms with Gasteiger partial charge in [0.25, 0.3) is 5.91 Å². The molecule has 0 saturated carbocycles. The van der Waals surface area contributed by atoms with Gasteiger partial charge in [-0.3, -0.25) is 4.79 Å². The molecule has 0 radical (unpaired) electrons. The number of carbonyl (C=O) groups is 2. The van der Waals surface area contributed by atoms with E-state index in [1.807, 2.05) is 0 Å². The summed E-state index contributed by atoms with van der Waals surface area (Å²) < 4.78 is 39.4. The Labute approximate surface area is 256 Å². The van der Waals surface area contributed by atoms with E-state index in [1.54, 1.807) is 31.2 Å². The number of hydrogen-bond acceptors (Lipinski definition) is 10. The molecular formula is C22H18N4Na2O8S. The van der Waals surface area contributed by atoms with E-state index in [1.165, 1.54) is 19.2 Å². The number of aromatic carboxylic acids is 1. The SMILES string of the molecule is COc1cc(N=Nc2cc(C(=O)O)c([O-])c(S(=O)(=O)[O-])c2)c(C)cc1NC(=O)c1cccc(N)c1.[Na+].[Na+]. The van der Waals surface area contributed by atoms with Gasteiger partial charge in [0.15, 0.2) is 0 Å². The van der Waals surface area contributed by atoms with Gasteiger partial charge >= 0.3 is 65.1 Å². The number of hydrogen-bond donors (Lipinski definition) is 3. The van der Waals surface area contributed by atoms with Crippen LogP contribution in [0, 0.1) is 6.92 Å². The van der Waals surface area contributed by atoms with Crippen molar-refractivity contribution in [2.24, 2.45) is 10.2 Å². The number of methoxy groups -OCH3 is 1. The van der Waals surface area contributed by atoms with Crippen LogP contribution in [0.2, 0.25) is 0 Å². The van der Waals surface area contributed by atoms with Gasteiger partial charge in [0.2, 0.25) is 0 Å². The maximum absolute atomic E-state index is 12.6. The fourth-order valence-electron chi connectivity index (χ4n) is 3.03. The zero-order valence-electron chi connectivity index (χ0n) is 20.3. The van der Waals surface area contributed by atoms with Crippen molar-refractivity contribution in [2.75, 3.05) is 18.2 Å². The number of ether oxygens (including phenoxy) is 1. The number of rotatable bonds is 7. The Bertz CT molecular complexity index is 1480. The minimum atomic E-state index is -5.25. The fraction of sp³-hybridized carbons (Fsp3) is 0.0909. The molecule has 3 rings (SSSR count). The standard InChI is InChI=1S/C22H20N4O8S.2Na/c1-11-6-17(24-21(28)12-4-3-5-13(23)7-12)18(34-2)10-16(11)26-25-14-8-15(22(29)30)20(27)19(9-14)35(31,32)33;;/h3-10,27H,23H2,1-2H3,(H,24,28)(H,29,30)(H,31,32,33);;/q;2*+1/p-2. The number of amides is 1. The average molecular weight is 544 g/mol. The molecule has 182 valence electrons. The predicted molar refractivity (Wildman–Crippen MR) is 122 cm³/mol. The van der Waals surface area contributed by atoms with Crippen LogP contribution in [0.15, 0.2) is 63.7 Å². The van der Waals surface area contributed by atoms with E-state index < -0.39 is 38.2 Å². The van der Waals surface area contributed by atoms with Gasteiger partial charge in [0, 0.05) is 22.2 Å². The van der Waals surface area contributed by atoms with Crippen molar-refractivity contribution < 1.29 is 96.6 Å². The molecule has 0 fully saturated rings. The molecule has 0 heterocycles. The number of anilines is 2. The number of nitrogens with two attached hydrogens (primary N) is 1. The Balaban J connectivity index is 0.00000342. The van der Waals surface area contributed by atoms with Crippen LogP contribution in [0.4, 0.5) is 22.7 Å². The Morgan fingerprint density at radius 1 is 1.08 bits per heavy atom. The first-order valence-electron chi connectivity index (χ1n) is 9.72. The Hall–Kier alpha value is -2.49. The molecule has 0 saturated heterocycles. The predicted octanol–water partition coefficient (Wildman–Crippen LogP) is -3.06. The van der Waals surface area contributed by atoms with Gasteiger partial charge in [0.05, 0.1) is 29.7 Å². The molecule has 12 nitrogen and oxygen atoms in total. The molecule has 0 spiro atoms. The monoisotopic (exact) mass is 544 g/mol. The molecule has 3 aromatic carbocycles. The number of nitrogens with one attached hydrogen (secondary N) is 1. The Morgan fingerprint density at radius 2 is 1.76 bits per heavy atom. The van der Waals surface area contributed by atoms with Crippen LogP contribution >= 0.6 is 0 Å². The van der Waals surface area contributed by atoms with Gasteiger partial charge in [-0.15, -0.1) is 0 Å². The molecule has 0 unspecified atom stereocenters. The summed E-state index contributed by atoms with van der Waals surface area (Å²) in [5.74, 6) is -3.39. The molecule has 0 bridgehead atoms. The topological polar surface area (TPSA) is 207 Å². The van der Waals surface area contributed by atoms with E-state index >= 15 is 0 Å². The average Bonchev–Trinajstić information content (AvgIpc) is 2.78. The summed E-state index contributed by atoms with van der Waals surface area (Å²) in [6.07, 6.45) is 0. The molecule has 1 amide bonds. The number of carbonyl (C=O) groups excluding carboxylic acids is 1. The second-order valence-corrected chi connectivity index (χ2v) is 8.55. The molecule has 0 aromatic heterocycles. The van der Waals surface area contributed by atoms with Crippen LogP contribution in [-0.2, 0) is 10.1 Å². The summed E-state index contributed by atoms with van der Waals surface area (Å²) in [5.41, 5.74) is 6.22. The first-order valence-corrected chi connectivity index (χ1v) is 11.1. The van der Waals surface area contributed by atoms with Crippen LogP contribution in [0.1, 0.15) is 26.3 Å². The quantitative estimate of drug-likeness (QED) is 0.119. The van der Waals surface area contributed by atoms with Crippen LogP contribution < -0.4 is 80.0 Å². The van der Waals surface area contributed by atoms with E-state index in [0.717, 1.165) is 6.07 Å². The summed E-state index contributed by atoms with van der Waals surface area (Å²) in [4.78, 5) is 22.6. The zero-order valence-corrected chi connectivity index (χ0v) is 25.1. The summed E-state index contributed by atoms with van der Waals surface area (Å²) in [6, 6.07) is 10.8. The Kier molecular flexibility index (Phi) is 11.7. The number of carboxylic acids is 1. The van der Waals surface area contributed by atoms with E-state index in [-0.39, 0.29) is 76.2 Å². The summed E-state index contributed by atoms with van der Waals surface area (Å²) in [7, 11) is -3.89. The van der Waals surface area contributed by atoms with Crippen molar-refractivity contribution in [2.45, 2.75) is 11.8 Å². The van der Waals surface area contributed by atoms with Crippen LogP contribution in [0.25, 0.3) is 0 Å². The second-order valence-electron chi connectivity index (χ2n) is 7.20. The van der Waals surface area contributed by atoms with Gasteiger partial charge in [-0.2, -0.15) is 10.2 Å². The first-order chi connectivity index (χ1) is 16.4. The van der Waals surface area contributed by atoms with Gasteiger partial charge < -0.3 is 30.6 Å². The zero-order chi connectivity index (χ0) is 25.9.